The number of nitrogens with zero attached hydrogens (tertiary/aromatic N) is 1. The van der Waals surface area contributed by atoms with E-state index in [4.69, 9.17) is 0 Å². The standard InChI is InChI=1S/C27H23F3N2/c28-27(29,30)32-18-20-16-17-25(31-24(20)19-32)26(21-10-4-1-5-11-21,22-12-6-2-7-13-22)23-14-8-3-9-15-23/h1-15,18-19,25,31H,16-17H2. The fourth-order valence-corrected chi connectivity index (χ4v) is 5.06. The molecule has 0 aliphatic carbocycles. The molecular formula is C27H23F3N2. The zero-order valence-corrected chi connectivity index (χ0v) is 17.4. The summed E-state index contributed by atoms with van der Waals surface area (Å²) in [6.45, 7) is 0. The molecule has 0 amide bonds. The molecule has 2 nitrogen and oxygen atoms in total. The van der Waals surface area contributed by atoms with E-state index in [0.717, 1.165) is 16.7 Å². The monoisotopic (exact) mass is 432 g/mol. The van der Waals surface area contributed by atoms with Crippen LogP contribution in [0.3, 0.4) is 0 Å². The number of halogens is 3. The van der Waals surface area contributed by atoms with Gasteiger partial charge in [0.25, 0.3) is 0 Å². The molecule has 0 saturated heterocycles. The zero-order valence-electron chi connectivity index (χ0n) is 17.4. The van der Waals surface area contributed by atoms with Crippen molar-refractivity contribution in [2.24, 2.45) is 0 Å². The molecule has 5 rings (SSSR count). The van der Waals surface area contributed by atoms with Gasteiger partial charge >= 0.3 is 6.30 Å². The van der Waals surface area contributed by atoms with Crippen LogP contribution in [-0.4, -0.2) is 10.6 Å². The van der Waals surface area contributed by atoms with Crippen molar-refractivity contribution in [1.82, 2.24) is 4.57 Å². The third-order valence-electron chi connectivity index (χ3n) is 6.44. The van der Waals surface area contributed by atoms with Gasteiger partial charge in [0, 0.05) is 18.4 Å². The summed E-state index contributed by atoms with van der Waals surface area (Å²) >= 11 is 0. The lowest BCUT2D eigenvalue weighted by Crippen LogP contribution is -2.48. The lowest BCUT2D eigenvalue weighted by atomic mass is 9.63. The Hall–Kier alpha value is -3.47. The molecule has 1 aromatic heterocycles. The van der Waals surface area contributed by atoms with E-state index in [-0.39, 0.29) is 6.04 Å². The molecule has 2 heterocycles. The number of aryl methyl sites for hydroxylation is 1. The molecule has 0 fully saturated rings. The van der Waals surface area contributed by atoms with Gasteiger partial charge in [0.05, 0.1) is 11.1 Å². The summed E-state index contributed by atoms with van der Waals surface area (Å²) in [5, 5.41) is 3.51. The van der Waals surface area contributed by atoms with Gasteiger partial charge in [-0.2, -0.15) is 0 Å². The highest BCUT2D eigenvalue weighted by Crippen LogP contribution is 2.46. The maximum absolute atomic E-state index is 13.3. The van der Waals surface area contributed by atoms with Gasteiger partial charge in [-0.3, -0.25) is 4.57 Å². The Balaban J connectivity index is 1.71. The first-order valence-corrected chi connectivity index (χ1v) is 10.7. The largest absolute Gasteiger partial charge is 0.488 e. The molecule has 162 valence electrons. The van der Waals surface area contributed by atoms with Gasteiger partial charge in [-0.05, 0) is 35.1 Å². The third-order valence-corrected chi connectivity index (χ3v) is 6.44. The summed E-state index contributed by atoms with van der Waals surface area (Å²) < 4.78 is 40.4. The lowest BCUT2D eigenvalue weighted by Gasteiger charge is -2.45. The van der Waals surface area contributed by atoms with E-state index < -0.39 is 11.7 Å². The van der Waals surface area contributed by atoms with Crippen molar-refractivity contribution in [2.45, 2.75) is 30.6 Å². The minimum absolute atomic E-state index is 0.133. The van der Waals surface area contributed by atoms with Crippen LogP contribution in [0.2, 0.25) is 0 Å². The van der Waals surface area contributed by atoms with E-state index in [0.29, 0.717) is 28.7 Å². The predicted octanol–water partition coefficient (Wildman–Crippen LogP) is 6.73. The Morgan fingerprint density at radius 3 is 1.59 bits per heavy atom. The summed E-state index contributed by atoms with van der Waals surface area (Å²) in [5.74, 6) is 0. The van der Waals surface area contributed by atoms with Crippen molar-refractivity contribution in [2.75, 3.05) is 5.32 Å². The number of hydrogen-bond acceptors (Lipinski definition) is 1. The number of anilines is 1. The van der Waals surface area contributed by atoms with Crippen LogP contribution in [0.1, 0.15) is 28.7 Å². The van der Waals surface area contributed by atoms with E-state index in [1.807, 2.05) is 54.6 Å². The fourth-order valence-electron chi connectivity index (χ4n) is 5.06. The number of aromatic nitrogens is 1. The highest BCUT2D eigenvalue weighted by atomic mass is 19.4. The van der Waals surface area contributed by atoms with Gasteiger partial charge < -0.3 is 5.32 Å². The van der Waals surface area contributed by atoms with E-state index in [1.165, 1.54) is 12.4 Å². The molecule has 32 heavy (non-hydrogen) atoms. The van der Waals surface area contributed by atoms with Crippen LogP contribution in [0.25, 0.3) is 0 Å². The molecule has 5 heteroatoms. The van der Waals surface area contributed by atoms with Crippen LogP contribution >= 0.6 is 0 Å². The highest BCUT2D eigenvalue weighted by Gasteiger charge is 2.45. The normalized spacial score (nSPS) is 16.3. The molecule has 4 aromatic rings. The molecule has 1 aliphatic heterocycles. The summed E-state index contributed by atoms with van der Waals surface area (Å²) in [5.41, 5.74) is 3.99. The molecule has 1 atom stereocenters. The van der Waals surface area contributed by atoms with Gasteiger partial charge in [-0.1, -0.05) is 91.0 Å². The van der Waals surface area contributed by atoms with E-state index in [9.17, 15) is 13.2 Å². The Morgan fingerprint density at radius 1 is 0.688 bits per heavy atom. The number of fused-ring (bicyclic) bond motifs is 1. The van der Waals surface area contributed by atoms with Crippen LogP contribution < -0.4 is 5.32 Å². The maximum Gasteiger partial charge on any atom is 0.488 e. The highest BCUT2D eigenvalue weighted by molar-refractivity contribution is 5.60. The van der Waals surface area contributed by atoms with Crippen molar-refractivity contribution in [3.05, 3.63) is 126 Å². The van der Waals surface area contributed by atoms with Gasteiger partial charge in [0.2, 0.25) is 0 Å². The molecule has 1 N–H and O–H groups in total. The predicted molar refractivity (Wildman–Crippen MR) is 121 cm³/mol. The van der Waals surface area contributed by atoms with Crippen LogP contribution in [0.15, 0.2) is 103 Å². The summed E-state index contributed by atoms with van der Waals surface area (Å²) in [4.78, 5) is 0. The van der Waals surface area contributed by atoms with Crippen LogP contribution in [-0.2, 0) is 18.1 Å². The number of hydrogen-bond donors (Lipinski definition) is 1. The first kappa shape index (κ1) is 20.4. The molecule has 1 unspecified atom stereocenters. The van der Waals surface area contributed by atoms with Gasteiger partial charge in [-0.15, -0.1) is 13.2 Å². The van der Waals surface area contributed by atoms with Crippen LogP contribution in [0, 0.1) is 0 Å². The average Bonchev–Trinajstić information content (AvgIpc) is 3.26. The molecule has 0 radical (unpaired) electrons. The number of benzene rings is 3. The molecule has 1 aliphatic rings. The number of alkyl halides is 3. The second-order valence-corrected chi connectivity index (χ2v) is 8.21. The minimum atomic E-state index is -4.43. The Kier molecular flexibility index (Phi) is 5.04. The van der Waals surface area contributed by atoms with Crippen molar-refractivity contribution >= 4 is 5.69 Å². The smallest absolute Gasteiger partial charge is 0.379 e. The second-order valence-electron chi connectivity index (χ2n) is 8.21. The quantitative estimate of drug-likeness (QED) is 0.354. The molecule has 0 bridgehead atoms. The topological polar surface area (TPSA) is 17.0 Å². The summed E-state index contributed by atoms with van der Waals surface area (Å²) in [6, 6.07) is 30.6. The maximum atomic E-state index is 13.3. The third kappa shape index (κ3) is 3.38. The molecule has 0 spiro atoms. The number of nitrogens with one attached hydrogen (secondary N) is 1. The molecule has 0 saturated carbocycles. The van der Waals surface area contributed by atoms with E-state index in [1.54, 1.807) is 0 Å². The summed E-state index contributed by atoms with van der Waals surface area (Å²) in [7, 11) is 0. The SMILES string of the molecule is FC(F)(F)n1cc2c(c1)NC(C(c1ccccc1)(c1ccccc1)c1ccccc1)CC2. The lowest BCUT2D eigenvalue weighted by molar-refractivity contribution is -0.203. The average molecular weight is 432 g/mol. The Morgan fingerprint density at radius 2 is 1.16 bits per heavy atom. The van der Waals surface area contributed by atoms with Gasteiger partial charge in [-0.25, -0.2) is 0 Å². The molecular weight excluding hydrogens is 409 g/mol. The summed E-state index contributed by atoms with van der Waals surface area (Å²) in [6.07, 6.45) is -0.775. The second kappa shape index (κ2) is 7.90. The van der Waals surface area contributed by atoms with Crippen molar-refractivity contribution < 1.29 is 13.2 Å². The Labute approximate surface area is 185 Å². The van der Waals surface area contributed by atoms with Gasteiger partial charge in [0.1, 0.15) is 0 Å². The van der Waals surface area contributed by atoms with Crippen molar-refractivity contribution in [3.63, 3.8) is 0 Å². The van der Waals surface area contributed by atoms with E-state index in [2.05, 4.69) is 41.7 Å². The van der Waals surface area contributed by atoms with Crippen LogP contribution in [0.5, 0.6) is 0 Å². The van der Waals surface area contributed by atoms with Crippen LogP contribution in [0.4, 0.5) is 18.9 Å². The van der Waals surface area contributed by atoms with Gasteiger partial charge in [0.15, 0.2) is 0 Å². The first-order valence-electron chi connectivity index (χ1n) is 10.7. The minimum Gasteiger partial charge on any atom is -0.379 e. The zero-order chi connectivity index (χ0) is 22.2. The fraction of sp³-hybridized carbons (Fsp3) is 0.185. The van der Waals surface area contributed by atoms with Crippen molar-refractivity contribution in [1.29, 1.82) is 0 Å². The first-order chi connectivity index (χ1) is 15.5. The molecule has 3 aromatic carbocycles. The van der Waals surface area contributed by atoms with E-state index >= 15 is 0 Å². The number of rotatable bonds is 4. The Bertz CT molecular complexity index is 1090. The van der Waals surface area contributed by atoms with Crippen molar-refractivity contribution in [3.8, 4) is 0 Å².